The molecule has 2 aromatic rings. The number of para-hydroxylation sites is 1. The lowest BCUT2D eigenvalue weighted by Crippen LogP contribution is -2.36. The number of nitro groups is 1. The van der Waals surface area contributed by atoms with E-state index in [2.05, 4.69) is 0 Å². The second-order valence-corrected chi connectivity index (χ2v) is 5.26. The number of benzene rings is 2. The van der Waals surface area contributed by atoms with Crippen LogP contribution in [-0.2, 0) is 4.74 Å². The van der Waals surface area contributed by atoms with Crippen LogP contribution in [0.25, 0.3) is 0 Å². The smallest absolute Gasteiger partial charge is 0.343 e. The highest BCUT2D eigenvalue weighted by atomic mass is 16.6. The summed E-state index contributed by atoms with van der Waals surface area (Å²) in [4.78, 5) is 25.0. The van der Waals surface area contributed by atoms with Crippen molar-refractivity contribution >= 4 is 17.3 Å². The van der Waals surface area contributed by atoms with Crippen LogP contribution in [0, 0.1) is 10.1 Å². The molecule has 0 radical (unpaired) electrons. The van der Waals surface area contributed by atoms with Gasteiger partial charge < -0.3 is 14.4 Å². The fourth-order valence-electron chi connectivity index (χ4n) is 2.52. The number of ether oxygens (including phenoxy) is 2. The molecule has 1 heterocycles. The van der Waals surface area contributed by atoms with Gasteiger partial charge in [0.25, 0.3) is 5.69 Å². The van der Waals surface area contributed by atoms with Crippen LogP contribution in [0.4, 0.5) is 11.4 Å². The van der Waals surface area contributed by atoms with Crippen LogP contribution < -0.4 is 9.64 Å². The zero-order chi connectivity index (χ0) is 16.9. The molecule has 0 amide bonds. The van der Waals surface area contributed by atoms with E-state index in [9.17, 15) is 14.9 Å². The number of morpholine rings is 1. The van der Waals surface area contributed by atoms with Crippen LogP contribution in [0.5, 0.6) is 5.75 Å². The molecule has 7 nitrogen and oxygen atoms in total. The largest absolute Gasteiger partial charge is 0.423 e. The van der Waals surface area contributed by atoms with E-state index in [4.69, 9.17) is 9.47 Å². The molecule has 3 rings (SSSR count). The normalized spacial score (nSPS) is 14.2. The fourth-order valence-corrected chi connectivity index (χ4v) is 2.52. The van der Waals surface area contributed by atoms with Gasteiger partial charge in [0.1, 0.15) is 11.4 Å². The molecule has 0 aliphatic carbocycles. The van der Waals surface area contributed by atoms with Gasteiger partial charge >= 0.3 is 5.97 Å². The summed E-state index contributed by atoms with van der Waals surface area (Å²) in [5, 5.41) is 11.4. The Kier molecular flexibility index (Phi) is 4.72. The van der Waals surface area contributed by atoms with Gasteiger partial charge in [-0.25, -0.2) is 4.79 Å². The number of nitrogens with zero attached hydrogens (tertiary/aromatic N) is 2. The molecule has 0 atom stereocenters. The molecule has 0 bridgehead atoms. The summed E-state index contributed by atoms with van der Waals surface area (Å²) in [6.45, 7) is 2.20. The van der Waals surface area contributed by atoms with Crippen molar-refractivity contribution in [3.05, 3.63) is 64.2 Å². The lowest BCUT2D eigenvalue weighted by atomic mass is 10.1. The van der Waals surface area contributed by atoms with Crippen molar-refractivity contribution in [2.45, 2.75) is 0 Å². The first-order valence-corrected chi connectivity index (χ1v) is 7.53. The van der Waals surface area contributed by atoms with E-state index in [1.54, 1.807) is 42.5 Å². The van der Waals surface area contributed by atoms with Crippen molar-refractivity contribution in [1.82, 2.24) is 0 Å². The molecule has 1 aliphatic heterocycles. The van der Waals surface area contributed by atoms with E-state index in [1.807, 2.05) is 4.90 Å². The Balaban J connectivity index is 1.85. The Hall–Kier alpha value is -2.93. The number of nitro benzene ring substituents is 1. The number of carbonyl (C=O) groups is 1. The first-order chi connectivity index (χ1) is 11.6. The lowest BCUT2D eigenvalue weighted by molar-refractivity contribution is -0.384. The van der Waals surface area contributed by atoms with Crippen molar-refractivity contribution < 1.29 is 19.2 Å². The van der Waals surface area contributed by atoms with E-state index in [0.29, 0.717) is 37.7 Å². The van der Waals surface area contributed by atoms with Gasteiger partial charge in [0.15, 0.2) is 0 Å². The zero-order valence-corrected chi connectivity index (χ0v) is 12.9. The van der Waals surface area contributed by atoms with Crippen molar-refractivity contribution in [3.63, 3.8) is 0 Å². The minimum Gasteiger partial charge on any atom is -0.423 e. The highest BCUT2D eigenvalue weighted by Gasteiger charge is 2.23. The Morgan fingerprint density at radius 3 is 2.50 bits per heavy atom. The van der Waals surface area contributed by atoms with Gasteiger partial charge in [-0.3, -0.25) is 10.1 Å². The zero-order valence-electron chi connectivity index (χ0n) is 12.9. The molecule has 2 aromatic carbocycles. The Labute approximate surface area is 138 Å². The Bertz CT molecular complexity index is 742. The molecule has 124 valence electrons. The second kappa shape index (κ2) is 7.10. The molecule has 7 heteroatoms. The van der Waals surface area contributed by atoms with Crippen LogP contribution in [-0.4, -0.2) is 37.2 Å². The van der Waals surface area contributed by atoms with Gasteiger partial charge in [-0.1, -0.05) is 18.2 Å². The van der Waals surface area contributed by atoms with E-state index < -0.39 is 10.9 Å². The summed E-state index contributed by atoms with van der Waals surface area (Å²) < 4.78 is 10.5. The average Bonchev–Trinajstić information content (AvgIpc) is 2.62. The quantitative estimate of drug-likeness (QED) is 0.371. The van der Waals surface area contributed by atoms with Gasteiger partial charge in [-0.05, 0) is 24.3 Å². The van der Waals surface area contributed by atoms with Gasteiger partial charge in [-0.15, -0.1) is 0 Å². The van der Waals surface area contributed by atoms with Crippen molar-refractivity contribution in [2.24, 2.45) is 0 Å². The maximum Gasteiger partial charge on any atom is 0.343 e. The Morgan fingerprint density at radius 1 is 1.12 bits per heavy atom. The van der Waals surface area contributed by atoms with E-state index in [-0.39, 0.29) is 11.3 Å². The number of rotatable bonds is 4. The van der Waals surface area contributed by atoms with Gasteiger partial charge in [-0.2, -0.15) is 0 Å². The minimum atomic E-state index is -0.627. The average molecular weight is 328 g/mol. The number of esters is 1. The number of anilines is 1. The third-order valence-electron chi connectivity index (χ3n) is 3.71. The summed E-state index contributed by atoms with van der Waals surface area (Å²) in [5.74, 6) is -0.236. The molecule has 0 aromatic heterocycles. The maximum atomic E-state index is 12.2. The van der Waals surface area contributed by atoms with E-state index in [1.165, 1.54) is 6.07 Å². The van der Waals surface area contributed by atoms with Crippen LogP contribution >= 0.6 is 0 Å². The molecule has 1 saturated heterocycles. The predicted molar refractivity (Wildman–Crippen MR) is 87.5 cm³/mol. The standard InChI is InChI=1S/C17H16N2O5/c20-17(24-14-4-2-1-3-5-14)13-6-7-15(16(12-13)19(21)22)18-8-10-23-11-9-18/h1-7,12H,8-11H2. The van der Waals surface area contributed by atoms with Gasteiger partial charge in [0.2, 0.25) is 0 Å². The van der Waals surface area contributed by atoms with Crippen LogP contribution in [0.3, 0.4) is 0 Å². The fraction of sp³-hybridized carbons (Fsp3) is 0.235. The summed E-state index contributed by atoms with van der Waals surface area (Å²) in [6.07, 6.45) is 0. The summed E-state index contributed by atoms with van der Waals surface area (Å²) >= 11 is 0. The van der Waals surface area contributed by atoms with Crippen molar-refractivity contribution in [1.29, 1.82) is 0 Å². The third-order valence-corrected chi connectivity index (χ3v) is 3.71. The number of hydrogen-bond donors (Lipinski definition) is 0. The monoisotopic (exact) mass is 328 g/mol. The molecule has 0 unspecified atom stereocenters. The second-order valence-electron chi connectivity index (χ2n) is 5.26. The molecule has 24 heavy (non-hydrogen) atoms. The topological polar surface area (TPSA) is 81.9 Å². The first kappa shape index (κ1) is 15.9. The first-order valence-electron chi connectivity index (χ1n) is 7.53. The van der Waals surface area contributed by atoms with E-state index in [0.717, 1.165) is 0 Å². The highest BCUT2D eigenvalue weighted by Crippen LogP contribution is 2.30. The Morgan fingerprint density at radius 2 is 1.83 bits per heavy atom. The van der Waals surface area contributed by atoms with Crippen LogP contribution in [0.2, 0.25) is 0 Å². The summed E-state index contributed by atoms with van der Waals surface area (Å²) in [6, 6.07) is 13.0. The molecular weight excluding hydrogens is 312 g/mol. The van der Waals surface area contributed by atoms with Crippen LogP contribution in [0.1, 0.15) is 10.4 Å². The molecule has 0 saturated carbocycles. The molecule has 0 N–H and O–H groups in total. The van der Waals surface area contributed by atoms with Crippen LogP contribution in [0.15, 0.2) is 48.5 Å². The van der Waals surface area contributed by atoms with Crippen molar-refractivity contribution in [3.8, 4) is 5.75 Å². The summed E-state index contributed by atoms with van der Waals surface area (Å²) in [7, 11) is 0. The predicted octanol–water partition coefficient (Wildman–Crippen LogP) is 2.65. The van der Waals surface area contributed by atoms with E-state index >= 15 is 0 Å². The number of carbonyl (C=O) groups excluding carboxylic acids is 1. The summed E-state index contributed by atoms with van der Waals surface area (Å²) in [5.41, 5.74) is 0.515. The SMILES string of the molecule is O=C(Oc1ccccc1)c1ccc(N2CCOCC2)c([N+](=O)[O-])c1. The van der Waals surface area contributed by atoms with Crippen molar-refractivity contribution in [2.75, 3.05) is 31.2 Å². The number of hydrogen-bond acceptors (Lipinski definition) is 6. The molecule has 1 aliphatic rings. The highest BCUT2D eigenvalue weighted by molar-refractivity contribution is 5.93. The van der Waals surface area contributed by atoms with Gasteiger partial charge in [0.05, 0.1) is 23.7 Å². The molecular formula is C17H16N2O5. The lowest BCUT2D eigenvalue weighted by Gasteiger charge is -2.28. The van der Waals surface area contributed by atoms with Gasteiger partial charge in [0, 0.05) is 19.2 Å². The maximum absolute atomic E-state index is 12.2. The molecule has 0 spiro atoms. The minimum absolute atomic E-state index is 0.112. The third kappa shape index (κ3) is 3.52. The molecule has 1 fully saturated rings.